The smallest absolute Gasteiger partial charge is 0.147 e. The second-order valence-electron chi connectivity index (χ2n) is 14.0. The van der Waals surface area contributed by atoms with Crippen molar-refractivity contribution in [2.24, 2.45) is 0 Å². The van der Waals surface area contributed by atoms with Gasteiger partial charge in [-0.3, -0.25) is 0 Å². The summed E-state index contributed by atoms with van der Waals surface area (Å²) in [5.74, 6) is 0. The standard InChI is InChI=1S/C50H28O3/c1-2-11-30-26-31(21-20-29(30)10-1)42-28-51-44-25-24-40-34-23-22-32(27-45(34)53-50(40)48(42)44)46-35-13-3-5-15-37(35)47(38-16-6-4-14-36(38)46)41-18-9-17-39-33-12-7-8-19-43(33)52-49(39)41/h1-28H. The van der Waals surface area contributed by atoms with E-state index in [0.29, 0.717) is 0 Å². The van der Waals surface area contributed by atoms with Crippen LogP contribution in [0.1, 0.15) is 0 Å². The summed E-state index contributed by atoms with van der Waals surface area (Å²) in [4.78, 5) is 0. The highest BCUT2D eigenvalue weighted by Crippen LogP contribution is 2.48. The molecular weight excluding hydrogens is 649 g/mol. The summed E-state index contributed by atoms with van der Waals surface area (Å²) in [5.41, 5.74) is 11.0. The van der Waals surface area contributed by atoms with Crippen LogP contribution in [0.15, 0.2) is 183 Å². The number of furan rings is 3. The molecule has 0 aliphatic rings. The van der Waals surface area contributed by atoms with Crippen molar-refractivity contribution in [3.8, 4) is 33.4 Å². The maximum absolute atomic E-state index is 6.86. The molecule has 0 amide bonds. The third-order valence-corrected chi connectivity index (χ3v) is 11.1. The van der Waals surface area contributed by atoms with Gasteiger partial charge in [0, 0.05) is 38.2 Å². The van der Waals surface area contributed by atoms with E-state index in [9.17, 15) is 0 Å². The van der Waals surface area contributed by atoms with Crippen molar-refractivity contribution < 1.29 is 13.3 Å². The minimum Gasteiger partial charge on any atom is -0.464 e. The van der Waals surface area contributed by atoms with Crippen molar-refractivity contribution in [1.29, 1.82) is 0 Å². The summed E-state index contributed by atoms with van der Waals surface area (Å²) in [6, 6.07) is 58.2. The first kappa shape index (κ1) is 28.6. The first-order valence-corrected chi connectivity index (χ1v) is 18.0. The molecule has 246 valence electrons. The summed E-state index contributed by atoms with van der Waals surface area (Å²) >= 11 is 0. The van der Waals surface area contributed by atoms with Gasteiger partial charge in [0.15, 0.2) is 0 Å². The zero-order chi connectivity index (χ0) is 34.6. The van der Waals surface area contributed by atoms with E-state index in [0.717, 1.165) is 77.1 Å². The van der Waals surface area contributed by atoms with Gasteiger partial charge in [0.1, 0.15) is 27.9 Å². The van der Waals surface area contributed by atoms with E-state index in [-0.39, 0.29) is 0 Å². The lowest BCUT2D eigenvalue weighted by atomic mass is 9.85. The zero-order valence-electron chi connectivity index (χ0n) is 28.4. The lowest BCUT2D eigenvalue weighted by Gasteiger charge is -2.17. The SMILES string of the molecule is c1ccc2cc(-c3coc4ccc5c6ccc(-c7c8ccccc8c(-c8cccc9c8oc8ccccc89)c8ccccc78)cc6oc5c34)ccc2c1. The Morgan fingerprint density at radius 3 is 1.74 bits per heavy atom. The van der Waals surface area contributed by atoms with Crippen molar-refractivity contribution in [2.75, 3.05) is 0 Å². The van der Waals surface area contributed by atoms with Gasteiger partial charge in [-0.2, -0.15) is 0 Å². The molecule has 0 atom stereocenters. The number of hydrogen-bond donors (Lipinski definition) is 0. The van der Waals surface area contributed by atoms with Gasteiger partial charge in [-0.15, -0.1) is 0 Å². The summed E-state index contributed by atoms with van der Waals surface area (Å²) in [6.07, 6.45) is 1.86. The Bertz CT molecular complexity index is 3410. The predicted molar refractivity (Wildman–Crippen MR) is 220 cm³/mol. The Balaban J connectivity index is 1.10. The van der Waals surface area contributed by atoms with Gasteiger partial charge in [-0.25, -0.2) is 0 Å². The number of benzene rings is 9. The average molecular weight is 677 g/mol. The van der Waals surface area contributed by atoms with Gasteiger partial charge in [-0.1, -0.05) is 127 Å². The minimum atomic E-state index is 0.812. The molecule has 0 radical (unpaired) electrons. The lowest BCUT2D eigenvalue weighted by Crippen LogP contribution is -1.91. The fourth-order valence-electron chi connectivity index (χ4n) is 8.75. The van der Waals surface area contributed by atoms with Gasteiger partial charge in [-0.05, 0) is 85.4 Å². The molecule has 0 saturated heterocycles. The molecular formula is C50H28O3. The topological polar surface area (TPSA) is 39.4 Å². The Labute approximate surface area is 302 Å². The molecule has 0 unspecified atom stereocenters. The second-order valence-corrected chi connectivity index (χ2v) is 14.0. The van der Waals surface area contributed by atoms with Crippen LogP contribution in [-0.2, 0) is 0 Å². The Kier molecular flexibility index (Phi) is 5.77. The maximum Gasteiger partial charge on any atom is 0.147 e. The van der Waals surface area contributed by atoms with Gasteiger partial charge >= 0.3 is 0 Å². The molecule has 3 aromatic heterocycles. The fourth-order valence-corrected chi connectivity index (χ4v) is 8.75. The van der Waals surface area contributed by atoms with Crippen LogP contribution in [0.4, 0.5) is 0 Å². The van der Waals surface area contributed by atoms with E-state index in [1.54, 1.807) is 0 Å². The summed E-state index contributed by atoms with van der Waals surface area (Å²) < 4.78 is 19.6. The summed E-state index contributed by atoms with van der Waals surface area (Å²) in [6.45, 7) is 0. The highest BCUT2D eigenvalue weighted by Gasteiger charge is 2.22. The number of hydrogen-bond acceptors (Lipinski definition) is 3. The van der Waals surface area contributed by atoms with Crippen LogP contribution in [0, 0.1) is 0 Å². The number of rotatable bonds is 3. The third-order valence-electron chi connectivity index (χ3n) is 11.1. The molecule has 0 aliphatic carbocycles. The molecule has 9 aromatic carbocycles. The van der Waals surface area contributed by atoms with Gasteiger partial charge in [0.25, 0.3) is 0 Å². The molecule has 53 heavy (non-hydrogen) atoms. The zero-order valence-corrected chi connectivity index (χ0v) is 28.4. The maximum atomic E-state index is 6.86. The molecule has 0 spiro atoms. The van der Waals surface area contributed by atoms with Crippen molar-refractivity contribution in [3.05, 3.63) is 170 Å². The van der Waals surface area contributed by atoms with Crippen LogP contribution in [0.25, 0.3) is 121 Å². The minimum absolute atomic E-state index is 0.812. The molecule has 0 fully saturated rings. The molecule has 3 heterocycles. The largest absolute Gasteiger partial charge is 0.464 e. The normalized spacial score (nSPS) is 12.2. The van der Waals surface area contributed by atoms with Crippen LogP contribution in [0.2, 0.25) is 0 Å². The molecule has 0 bridgehead atoms. The Morgan fingerprint density at radius 2 is 0.925 bits per heavy atom. The first-order valence-electron chi connectivity index (χ1n) is 18.0. The van der Waals surface area contributed by atoms with E-state index in [1.807, 2.05) is 12.3 Å². The second kappa shape index (κ2) is 10.7. The van der Waals surface area contributed by atoms with E-state index in [4.69, 9.17) is 13.3 Å². The monoisotopic (exact) mass is 676 g/mol. The molecule has 12 rings (SSSR count). The quantitative estimate of drug-likeness (QED) is 0.175. The predicted octanol–water partition coefficient (Wildman–Crippen LogP) is 14.7. The van der Waals surface area contributed by atoms with Gasteiger partial charge < -0.3 is 13.3 Å². The molecule has 0 saturated carbocycles. The van der Waals surface area contributed by atoms with Crippen molar-refractivity contribution in [2.45, 2.75) is 0 Å². The Hall–Kier alpha value is -7.10. The lowest BCUT2D eigenvalue weighted by molar-refractivity contribution is 0.616. The summed E-state index contributed by atoms with van der Waals surface area (Å²) in [5, 5.41) is 12.5. The van der Waals surface area contributed by atoms with Crippen molar-refractivity contribution in [3.63, 3.8) is 0 Å². The van der Waals surface area contributed by atoms with Crippen LogP contribution in [0.3, 0.4) is 0 Å². The highest BCUT2D eigenvalue weighted by molar-refractivity contribution is 6.25. The average Bonchev–Trinajstić information content (AvgIpc) is 3.93. The summed E-state index contributed by atoms with van der Waals surface area (Å²) in [7, 11) is 0. The van der Waals surface area contributed by atoms with Crippen LogP contribution in [0.5, 0.6) is 0 Å². The Morgan fingerprint density at radius 1 is 0.321 bits per heavy atom. The van der Waals surface area contributed by atoms with Crippen LogP contribution < -0.4 is 0 Å². The highest BCUT2D eigenvalue weighted by atomic mass is 16.3. The first-order chi connectivity index (χ1) is 26.3. The van der Waals surface area contributed by atoms with Crippen LogP contribution >= 0.6 is 0 Å². The molecule has 3 heteroatoms. The van der Waals surface area contributed by atoms with E-state index >= 15 is 0 Å². The van der Waals surface area contributed by atoms with Crippen LogP contribution in [-0.4, -0.2) is 0 Å². The van der Waals surface area contributed by atoms with Crippen molar-refractivity contribution in [1.82, 2.24) is 0 Å². The fraction of sp³-hybridized carbons (Fsp3) is 0. The van der Waals surface area contributed by atoms with Gasteiger partial charge in [0.05, 0.1) is 11.6 Å². The third kappa shape index (κ3) is 4.05. The van der Waals surface area contributed by atoms with Crippen molar-refractivity contribution >= 4 is 87.2 Å². The molecule has 0 aliphatic heterocycles. The van der Waals surface area contributed by atoms with E-state index in [2.05, 4.69) is 158 Å². The molecule has 12 aromatic rings. The van der Waals surface area contributed by atoms with E-state index < -0.39 is 0 Å². The number of para-hydroxylation sites is 2. The number of fused-ring (bicyclic) bond motifs is 11. The van der Waals surface area contributed by atoms with E-state index in [1.165, 1.54) is 43.4 Å². The molecule has 3 nitrogen and oxygen atoms in total. The van der Waals surface area contributed by atoms with Gasteiger partial charge in [0.2, 0.25) is 0 Å². The molecule has 0 N–H and O–H groups in total.